The molecular formula is C19H30N2O3. The molecule has 0 spiro atoms. The van der Waals surface area contributed by atoms with Gasteiger partial charge in [0.05, 0.1) is 14.2 Å². The van der Waals surface area contributed by atoms with Crippen LogP contribution in [0.2, 0.25) is 0 Å². The van der Waals surface area contributed by atoms with Crippen molar-refractivity contribution in [1.29, 1.82) is 0 Å². The van der Waals surface area contributed by atoms with Crippen LogP contribution in [0.5, 0.6) is 17.2 Å². The van der Waals surface area contributed by atoms with Gasteiger partial charge in [-0.05, 0) is 56.8 Å². The van der Waals surface area contributed by atoms with Gasteiger partial charge in [0.25, 0.3) is 0 Å². The van der Waals surface area contributed by atoms with Crippen LogP contribution in [0.3, 0.4) is 0 Å². The third-order valence-electron chi connectivity index (χ3n) is 5.12. The first kappa shape index (κ1) is 17.4. The second kappa shape index (κ2) is 8.58. The Labute approximate surface area is 145 Å². The molecule has 2 fully saturated rings. The molecule has 0 bridgehead atoms. The molecule has 0 aliphatic carbocycles. The Morgan fingerprint density at radius 1 is 1.08 bits per heavy atom. The Balaban J connectivity index is 1.52. The largest absolute Gasteiger partial charge is 0.493 e. The first-order chi connectivity index (χ1) is 11.8. The molecule has 1 unspecified atom stereocenters. The molecule has 0 radical (unpaired) electrons. The molecule has 2 aliphatic heterocycles. The van der Waals surface area contributed by atoms with E-state index in [9.17, 15) is 0 Å². The topological polar surface area (TPSA) is 43.0 Å². The van der Waals surface area contributed by atoms with Crippen LogP contribution in [-0.2, 0) is 0 Å². The summed E-state index contributed by atoms with van der Waals surface area (Å²) in [6.07, 6.45) is 5.03. The molecule has 3 rings (SSSR count). The van der Waals surface area contributed by atoms with Crippen molar-refractivity contribution in [2.24, 2.45) is 5.92 Å². The molecule has 1 atom stereocenters. The minimum absolute atomic E-state index is 0.232. The fraction of sp³-hybridized carbons (Fsp3) is 0.684. The highest BCUT2D eigenvalue weighted by molar-refractivity contribution is 5.51. The van der Waals surface area contributed by atoms with Gasteiger partial charge >= 0.3 is 0 Å². The van der Waals surface area contributed by atoms with E-state index in [1.54, 1.807) is 14.2 Å². The summed E-state index contributed by atoms with van der Waals surface area (Å²) >= 11 is 0. The maximum absolute atomic E-state index is 6.25. The Hall–Kier alpha value is -1.46. The minimum Gasteiger partial charge on any atom is -0.493 e. The van der Waals surface area contributed by atoms with E-state index in [-0.39, 0.29) is 6.10 Å². The summed E-state index contributed by atoms with van der Waals surface area (Å²) in [6, 6.07) is 5.76. The smallest absolute Gasteiger partial charge is 0.203 e. The average molecular weight is 334 g/mol. The maximum atomic E-state index is 6.25. The number of nitrogens with one attached hydrogen (secondary N) is 1. The van der Waals surface area contributed by atoms with Crippen LogP contribution in [0.1, 0.15) is 25.7 Å². The lowest BCUT2D eigenvalue weighted by molar-refractivity contribution is 0.0837. The van der Waals surface area contributed by atoms with E-state index in [4.69, 9.17) is 14.2 Å². The fourth-order valence-corrected chi connectivity index (χ4v) is 3.75. The number of para-hydroxylation sites is 1. The molecule has 134 valence electrons. The van der Waals surface area contributed by atoms with E-state index in [0.717, 1.165) is 49.1 Å². The second-order valence-electron chi connectivity index (χ2n) is 6.82. The van der Waals surface area contributed by atoms with Crippen molar-refractivity contribution in [1.82, 2.24) is 10.2 Å². The predicted molar refractivity (Wildman–Crippen MR) is 95.2 cm³/mol. The van der Waals surface area contributed by atoms with Crippen molar-refractivity contribution >= 4 is 0 Å². The van der Waals surface area contributed by atoms with Crippen molar-refractivity contribution in [2.45, 2.75) is 31.8 Å². The molecule has 1 aromatic carbocycles. The first-order valence-corrected chi connectivity index (χ1v) is 9.11. The van der Waals surface area contributed by atoms with Crippen LogP contribution >= 0.6 is 0 Å². The number of methoxy groups -OCH3 is 2. The van der Waals surface area contributed by atoms with Gasteiger partial charge in [0.1, 0.15) is 6.10 Å². The molecule has 0 amide bonds. The summed E-state index contributed by atoms with van der Waals surface area (Å²) in [6.45, 7) is 5.80. The Morgan fingerprint density at radius 3 is 2.38 bits per heavy atom. The van der Waals surface area contributed by atoms with Gasteiger partial charge in [-0.1, -0.05) is 6.07 Å². The van der Waals surface area contributed by atoms with Crippen LogP contribution in [0, 0.1) is 5.92 Å². The molecule has 1 aromatic rings. The second-order valence-corrected chi connectivity index (χ2v) is 6.82. The number of hydrogen-bond donors (Lipinski definition) is 1. The van der Waals surface area contributed by atoms with Gasteiger partial charge in [0, 0.05) is 19.6 Å². The minimum atomic E-state index is 0.232. The normalized spacial score (nSPS) is 23.0. The van der Waals surface area contributed by atoms with E-state index in [2.05, 4.69) is 10.2 Å². The van der Waals surface area contributed by atoms with Gasteiger partial charge in [-0.25, -0.2) is 0 Å². The van der Waals surface area contributed by atoms with Crippen molar-refractivity contribution < 1.29 is 14.2 Å². The van der Waals surface area contributed by atoms with Crippen LogP contribution in [0.15, 0.2) is 18.2 Å². The van der Waals surface area contributed by atoms with E-state index in [1.165, 1.54) is 32.5 Å². The lowest BCUT2D eigenvalue weighted by Gasteiger charge is -2.35. The lowest BCUT2D eigenvalue weighted by atomic mass is 9.97. The van der Waals surface area contributed by atoms with Gasteiger partial charge in [-0.15, -0.1) is 0 Å². The molecular weight excluding hydrogens is 304 g/mol. The molecule has 0 saturated carbocycles. The SMILES string of the molecule is COc1cccc(OC)c1OC1CCN(CC2CCCNC2)CC1. The van der Waals surface area contributed by atoms with E-state index in [1.807, 2.05) is 18.2 Å². The summed E-state index contributed by atoms with van der Waals surface area (Å²) in [7, 11) is 3.34. The van der Waals surface area contributed by atoms with E-state index in [0.29, 0.717) is 0 Å². The third kappa shape index (κ3) is 4.33. The number of piperidine rings is 2. The Bertz CT molecular complexity index is 487. The van der Waals surface area contributed by atoms with Gasteiger partial charge in [-0.2, -0.15) is 0 Å². The maximum Gasteiger partial charge on any atom is 0.203 e. The van der Waals surface area contributed by atoms with Gasteiger partial charge in [-0.3, -0.25) is 0 Å². The zero-order valence-electron chi connectivity index (χ0n) is 14.9. The molecule has 24 heavy (non-hydrogen) atoms. The van der Waals surface area contributed by atoms with Crippen molar-refractivity contribution in [2.75, 3.05) is 46.9 Å². The fourth-order valence-electron chi connectivity index (χ4n) is 3.75. The zero-order valence-corrected chi connectivity index (χ0v) is 14.9. The van der Waals surface area contributed by atoms with Gasteiger partial charge in [0.2, 0.25) is 5.75 Å². The van der Waals surface area contributed by atoms with Gasteiger partial charge in [0.15, 0.2) is 11.5 Å². The van der Waals surface area contributed by atoms with Crippen molar-refractivity contribution in [3.05, 3.63) is 18.2 Å². The monoisotopic (exact) mass is 334 g/mol. The highest BCUT2D eigenvalue weighted by Crippen LogP contribution is 2.38. The lowest BCUT2D eigenvalue weighted by Crippen LogP contribution is -2.43. The molecule has 0 aromatic heterocycles. The van der Waals surface area contributed by atoms with Crippen molar-refractivity contribution in [3.8, 4) is 17.2 Å². The number of rotatable bonds is 6. The summed E-state index contributed by atoms with van der Waals surface area (Å²) in [5.41, 5.74) is 0. The van der Waals surface area contributed by atoms with Crippen LogP contribution in [0.25, 0.3) is 0 Å². The average Bonchev–Trinajstić information content (AvgIpc) is 2.64. The first-order valence-electron chi connectivity index (χ1n) is 9.11. The Morgan fingerprint density at radius 2 is 1.79 bits per heavy atom. The molecule has 1 N–H and O–H groups in total. The number of benzene rings is 1. The van der Waals surface area contributed by atoms with Gasteiger partial charge < -0.3 is 24.4 Å². The Kier molecular flexibility index (Phi) is 6.21. The van der Waals surface area contributed by atoms with Crippen molar-refractivity contribution in [3.63, 3.8) is 0 Å². The zero-order chi connectivity index (χ0) is 16.8. The van der Waals surface area contributed by atoms with Crippen LogP contribution in [0.4, 0.5) is 0 Å². The standard InChI is InChI=1S/C19H30N2O3/c1-22-17-6-3-7-18(23-2)19(17)24-16-8-11-21(12-9-16)14-15-5-4-10-20-13-15/h3,6-7,15-16,20H,4-5,8-14H2,1-2H3. The number of ether oxygens (including phenoxy) is 3. The quantitative estimate of drug-likeness (QED) is 0.866. The van der Waals surface area contributed by atoms with Crippen LogP contribution in [-0.4, -0.2) is 57.9 Å². The number of nitrogens with zero attached hydrogens (tertiary/aromatic N) is 1. The third-order valence-corrected chi connectivity index (χ3v) is 5.12. The summed E-state index contributed by atoms with van der Waals surface area (Å²) in [4.78, 5) is 2.59. The number of likely N-dealkylation sites (tertiary alicyclic amines) is 1. The summed E-state index contributed by atoms with van der Waals surface area (Å²) in [5.74, 6) is 3.03. The molecule has 5 nitrogen and oxygen atoms in total. The number of hydrogen-bond acceptors (Lipinski definition) is 5. The predicted octanol–water partition coefficient (Wildman–Crippen LogP) is 2.55. The molecule has 5 heteroatoms. The summed E-state index contributed by atoms with van der Waals surface area (Å²) < 4.78 is 17.1. The van der Waals surface area contributed by atoms with Crippen LogP contribution < -0.4 is 19.5 Å². The molecule has 2 aliphatic rings. The molecule has 2 saturated heterocycles. The van der Waals surface area contributed by atoms with E-state index < -0.39 is 0 Å². The summed E-state index contributed by atoms with van der Waals surface area (Å²) in [5, 5.41) is 3.51. The molecule has 2 heterocycles. The highest BCUT2D eigenvalue weighted by atomic mass is 16.5. The highest BCUT2D eigenvalue weighted by Gasteiger charge is 2.25. The van der Waals surface area contributed by atoms with E-state index >= 15 is 0 Å².